The quantitative estimate of drug-likeness (QED) is 0.571. The molecule has 0 atom stereocenters. The summed E-state index contributed by atoms with van der Waals surface area (Å²) in [5, 5.41) is 0. The van der Waals surface area contributed by atoms with Crippen LogP contribution in [0.1, 0.15) is 27.7 Å². The van der Waals surface area contributed by atoms with Gasteiger partial charge in [-0.25, -0.2) is 0 Å². The van der Waals surface area contributed by atoms with Crippen molar-refractivity contribution >= 4 is 5.91 Å². The maximum absolute atomic E-state index is 12.1. The standard InChI is InChI=1S/C14H21NO3/c1-9(2)12(17-7)8-11-10(3)18-14(4,5)13(16)15(11)6/h8H,1H2,2-7H3/b12-8+. The molecular weight excluding hydrogens is 230 g/mol. The molecule has 0 aromatic rings. The predicted octanol–water partition coefficient (Wildman–Crippen LogP) is 2.59. The maximum atomic E-state index is 12.1. The summed E-state index contributed by atoms with van der Waals surface area (Å²) >= 11 is 0. The molecule has 1 aliphatic heterocycles. The third kappa shape index (κ3) is 2.58. The van der Waals surface area contributed by atoms with Gasteiger partial charge in [-0.2, -0.15) is 0 Å². The van der Waals surface area contributed by atoms with Gasteiger partial charge in [0.2, 0.25) is 0 Å². The Morgan fingerprint density at radius 3 is 2.50 bits per heavy atom. The minimum atomic E-state index is -0.827. The van der Waals surface area contributed by atoms with Crippen LogP contribution < -0.4 is 0 Å². The Balaban J connectivity index is 3.23. The van der Waals surface area contributed by atoms with Crippen LogP contribution in [0.2, 0.25) is 0 Å². The van der Waals surface area contributed by atoms with Crippen LogP contribution >= 0.6 is 0 Å². The molecule has 0 saturated carbocycles. The molecule has 0 spiro atoms. The van der Waals surface area contributed by atoms with Crippen LogP contribution in [0.3, 0.4) is 0 Å². The zero-order valence-corrected chi connectivity index (χ0v) is 12.0. The average Bonchev–Trinajstić information content (AvgIpc) is 2.25. The van der Waals surface area contributed by atoms with Crippen molar-refractivity contribution in [1.29, 1.82) is 0 Å². The lowest BCUT2D eigenvalue weighted by Gasteiger charge is -2.37. The number of ether oxygens (including phenoxy) is 2. The van der Waals surface area contributed by atoms with E-state index < -0.39 is 5.60 Å². The van der Waals surface area contributed by atoms with Gasteiger partial charge >= 0.3 is 0 Å². The van der Waals surface area contributed by atoms with E-state index >= 15 is 0 Å². The fourth-order valence-electron chi connectivity index (χ4n) is 1.91. The molecule has 0 aromatic heterocycles. The Labute approximate surface area is 109 Å². The minimum Gasteiger partial charge on any atom is -0.496 e. The van der Waals surface area contributed by atoms with Crippen LogP contribution in [-0.2, 0) is 14.3 Å². The van der Waals surface area contributed by atoms with E-state index in [-0.39, 0.29) is 5.91 Å². The Bertz CT molecular complexity index is 444. The highest BCUT2D eigenvalue weighted by Crippen LogP contribution is 2.29. The number of amides is 1. The highest BCUT2D eigenvalue weighted by Gasteiger charge is 2.38. The molecule has 4 heteroatoms. The van der Waals surface area contributed by atoms with Gasteiger partial charge in [0, 0.05) is 13.1 Å². The summed E-state index contributed by atoms with van der Waals surface area (Å²) in [5.41, 5.74) is 0.662. The second kappa shape index (κ2) is 4.88. The van der Waals surface area contributed by atoms with Gasteiger partial charge in [-0.3, -0.25) is 4.79 Å². The first kappa shape index (κ1) is 14.4. The molecular formula is C14H21NO3. The minimum absolute atomic E-state index is 0.0866. The Hall–Kier alpha value is -1.71. The summed E-state index contributed by atoms with van der Waals surface area (Å²) in [4.78, 5) is 13.7. The summed E-state index contributed by atoms with van der Waals surface area (Å²) in [6.45, 7) is 11.0. The summed E-state index contributed by atoms with van der Waals surface area (Å²) in [5.74, 6) is 1.24. The van der Waals surface area contributed by atoms with Crippen molar-refractivity contribution in [2.75, 3.05) is 14.2 Å². The first-order valence-corrected chi connectivity index (χ1v) is 5.80. The van der Waals surface area contributed by atoms with Crippen molar-refractivity contribution in [1.82, 2.24) is 4.90 Å². The average molecular weight is 251 g/mol. The smallest absolute Gasteiger partial charge is 0.270 e. The number of rotatable bonds is 3. The van der Waals surface area contributed by atoms with E-state index in [1.807, 2.05) is 13.8 Å². The van der Waals surface area contributed by atoms with Gasteiger partial charge in [0.25, 0.3) is 5.91 Å². The molecule has 4 nitrogen and oxygen atoms in total. The molecule has 100 valence electrons. The molecule has 0 bridgehead atoms. The summed E-state index contributed by atoms with van der Waals surface area (Å²) in [7, 11) is 3.31. The number of carbonyl (C=O) groups excluding carboxylic acids is 1. The number of allylic oxidation sites excluding steroid dienone is 3. The lowest BCUT2D eigenvalue weighted by molar-refractivity contribution is -0.150. The van der Waals surface area contributed by atoms with Crippen molar-refractivity contribution in [3.8, 4) is 0 Å². The van der Waals surface area contributed by atoms with Gasteiger partial charge in [0.1, 0.15) is 11.5 Å². The van der Waals surface area contributed by atoms with Crippen molar-refractivity contribution in [3.63, 3.8) is 0 Å². The van der Waals surface area contributed by atoms with E-state index in [1.165, 1.54) is 0 Å². The maximum Gasteiger partial charge on any atom is 0.270 e. The first-order valence-electron chi connectivity index (χ1n) is 5.80. The van der Waals surface area contributed by atoms with Gasteiger partial charge in [-0.1, -0.05) is 6.58 Å². The van der Waals surface area contributed by atoms with Crippen LogP contribution in [0.5, 0.6) is 0 Å². The number of carbonyl (C=O) groups is 1. The lowest BCUT2D eigenvalue weighted by atomic mass is 10.0. The fraction of sp³-hybridized carbons (Fsp3) is 0.500. The van der Waals surface area contributed by atoms with Crippen molar-refractivity contribution in [2.45, 2.75) is 33.3 Å². The van der Waals surface area contributed by atoms with Gasteiger partial charge in [0.05, 0.1) is 12.8 Å². The lowest BCUT2D eigenvalue weighted by Crippen LogP contribution is -2.48. The van der Waals surface area contributed by atoms with E-state index in [0.29, 0.717) is 17.2 Å². The first-order chi connectivity index (χ1) is 8.20. The van der Waals surface area contributed by atoms with Crippen molar-refractivity contribution < 1.29 is 14.3 Å². The monoisotopic (exact) mass is 251 g/mol. The third-order valence-electron chi connectivity index (χ3n) is 2.86. The van der Waals surface area contributed by atoms with E-state index in [9.17, 15) is 4.79 Å². The molecule has 0 saturated heterocycles. The number of hydrogen-bond acceptors (Lipinski definition) is 3. The van der Waals surface area contributed by atoms with Gasteiger partial charge < -0.3 is 14.4 Å². The van der Waals surface area contributed by atoms with E-state index in [4.69, 9.17) is 9.47 Å². The van der Waals surface area contributed by atoms with Crippen LogP contribution in [0.15, 0.2) is 35.4 Å². The highest BCUT2D eigenvalue weighted by atomic mass is 16.5. The molecule has 0 N–H and O–H groups in total. The third-order valence-corrected chi connectivity index (χ3v) is 2.86. The Kier molecular flexibility index (Phi) is 3.89. The van der Waals surface area contributed by atoms with Crippen molar-refractivity contribution in [3.05, 3.63) is 35.4 Å². The molecule has 18 heavy (non-hydrogen) atoms. The molecule has 0 aromatic carbocycles. The molecule has 0 unspecified atom stereocenters. The van der Waals surface area contributed by atoms with Crippen LogP contribution in [0.25, 0.3) is 0 Å². The largest absolute Gasteiger partial charge is 0.496 e. The topological polar surface area (TPSA) is 38.8 Å². The van der Waals surface area contributed by atoms with Gasteiger partial charge in [0.15, 0.2) is 5.60 Å². The zero-order chi connectivity index (χ0) is 14.1. The number of likely N-dealkylation sites (N-methyl/N-ethyl adjacent to an activating group) is 1. The Morgan fingerprint density at radius 2 is 2.06 bits per heavy atom. The molecule has 0 fully saturated rings. The molecule has 1 amide bonds. The van der Waals surface area contributed by atoms with Crippen LogP contribution in [0.4, 0.5) is 0 Å². The van der Waals surface area contributed by atoms with Crippen LogP contribution in [0, 0.1) is 0 Å². The second-order valence-electron chi connectivity index (χ2n) is 4.91. The number of nitrogens with zero attached hydrogens (tertiary/aromatic N) is 1. The molecule has 1 aliphatic rings. The number of hydrogen-bond donors (Lipinski definition) is 0. The fourth-order valence-corrected chi connectivity index (χ4v) is 1.91. The molecule has 0 aliphatic carbocycles. The molecule has 1 heterocycles. The number of methoxy groups -OCH3 is 1. The van der Waals surface area contributed by atoms with Gasteiger partial charge in [-0.15, -0.1) is 0 Å². The molecule has 1 rings (SSSR count). The predicted molar refractivity (Wildman–Crippen MR) is 70.5 cm³/mol. The normalized spacial score (nSPS) is 19.8. The van der Waals surface area contributed by atoms with E-state index in [1.54, 1.807) is 39.0 Å². The summed E-state index contributed by atoms with van der Waals surface area (Å²) < 4.78 is 10.9. The SMILES string of the molecule is C=C(C)/C(=C\C1=C(C)OC(C)(C)C(=O)N1C)OC. The second-order valence-corrected chi connectivity index (χ2v) is 4.91. The summed E-state index contributed by atoms with van der Waals surface area (Å²) in [6, 6.07) is 0. The van der Waals surface area contributed by atoms with Crippen molar-refractivity contribution in [2.24, 2.45) is 0 Å². The van der Waals surface area contributed by atoms with Gasteiger partial charge in [-0.05, 0) is 33.3 Å². The summed E-state index contributed by atoms with van der Waals surface area (Å²) in [6.07, 6.45) is 1.77. The highest BCUT2D eigenvalue weighted by molar-refractivity contribution is 5.87. The van der Waals surface area contributed by atoms with Crippen LogP contribution in [-0.4, -0.2) is 30.6 Å². The van der Waals surface area contributed by atoms with E-state index in [0.717, 1.165) is 5.57 Å². The zero-order valence-electron chi connectivity index (χ0n) is 12.0. The molecule has 0 radical (unpaired) electrons. The Morgan fingerprint density at radius 1 is 1.50 bits per heavy atom. The van der Waals surface area contributed by atoms with E-state index in [2.05, 4.69) is 6.58 Å².